The highest BCUT2D eigenvalue weighted by atomic mass is 16.5. The van der Waals surface area contributed by atoms with Crippen molar-refractivity contribution >= 4 is 17.4 Å². The lowest BCUT2D eigenvalue weighted by Crippen LogP contribution is -2.27. The number of ether oxygens (including phenoxy) is 1. The first-order valence-electron chi connectivity index (χ1n) is 8.13. The number of carbonyl (C=O) groups excluding carboxylic acids is 1. The van der Waals surface area contributed by atoms with E-state index in [1.165, 1.54) is 0 Å². The van der Waals surface area contributed by atoms with Crippen molar-refractivity contribution in [1.29, 1.82) is 5.26 Å². The molecule has 0 aromatic heterocycles. The van der Waals surface area contributed by atoms with Crippen LogP contribution < -0.4 is 15.8 Å². The molecule has 3 N–H and O–H groups in total. The third-order valence-electron chi connectivity index (χ3n) is 4.12. The second-order valence-corrected chi connectivity index (χ2v) is 5.73. The summed E-state index contributed by atoms with van der Waals surface area (Å²) in [5, 5.41) is 12.2. The van der Waals surface area contributed by atoms with Crippen molar-refractivity contribution in [2.45, 2.75) is 6.42 Å². The maximum atomic E-state index is 12.4. The van der Waals surface area contributed by atoms with Crippen LogP contribution in [0.2, 0.25) is 0 Å². The fourth-order valence-corrected chi connectivity index (χ4v) is 2.76. The van der Waals surface area contributed by atoms with Crippen LogP contribution in [0, 0.1) is 11.3 Å². The van der Waals surface area contributed by atoms with Crippen molar-refractivity contribution in [3.05, 3.63) is 70.8 Å². The quantitative estimate of drug-likeness (QED) is 0.639. The van der Waals surface area contributed by atoms with Gasteiger partial charge in [0.1, 0.15) is 23.2 Å². The zero-order chi connectivity index (χ0) is 18.5. The average Bonchev–Trinajstić information content (AvgIpc) is 3.00. The Balaban J connectivity index is 1.71. The molecular formula is C20H18N4O2. The number of benzene rings is 2. The second-order valence-electron chi connectivity index (χ2n) is 5.73. The normalized spacial score (nSPS) is 14.1. The Morgan fingerprint density at radius 1 is 1.19 bits per heavy atom. The average molecular weight is 346 g/mol. The van der Waals surface area contributed by atoms with Crippen LogP contribution in [0.1, 0.15) is 16.7 Å². The van der Waals surface area contributed by atoms with Crippen molar-refractivity contribution in [1.82, 2.24) is 5.32 Å². The zero-order valence-electron chi connectivity index (χ0n) is 14.3. The number of aliphatic imine (C=N–C) groups is 1. The van der Waals surface area contributed by atoms with Gasteiger partial charge in [-0.25, -0.2) is 4.99 Å². The third-order valence-corrected chi connectivity index (χ3v) is 4.12. The van der Waals surface area contributed by atoms with Gasteiger partial charge in [-0.3, -0.25) is 4.79 Å². The molecule has 130 valence electrons. The Hall–Kier alpha value is -3.59. The van der Waals surface area contributed by atoms with Gasteiger partial charge < -0.3 is 15.8 Å². The third kappa shape index (κ3) is 3.42. The molecule has 6 heteroatoms. The van der Waals surface area contributed by atoms with Gasteiger partial charge in [0, 0.05) is 17.7 Å². The number of fused-ring (bicyclic) bond motifs is 1. The standard InChI is InChI=1S/C20H18N4O2/c1-26-14-8-6-13(7-9-14)10-11-23-20(25)17(12-21)18-15-4-2-3-5-16(15)19(22)24-18/h2-9H,10-11H2,1H3,(H2,22,24)(H,23,25)/b18-17-. The summed E-state index contributed by atoms with van der Waals surface area (Å²) in [7, 11) is 1.61. The maximum absolute atomic E-state index is 12.4. The van der Waals surface area contributed by atoms with Gasteiger partial charge in [0.25, 0.3) is 5.91 Å². The molecule has 1 heterocycles. The fourth-order valence-electron chi connectivity index (χ4n) is 2.76. The molecule has 0 bridgehead atoms. The van der Waals surface area contributed by atoms with Crippen molar-refractivity contribution < 1.29 is 9.53 Å². The van der Waals surface area contributed by atoms with E-state index >= 15 is 0 Å². The highest BCUT2D eigenvalue weighted by Crippen LogP contribution is 2.29. The van der Waals surface area contributed by atoms with Gasteiger partial charge in [-0.1, -0.05) is 36.4 Å². The highest BCUT2D eigenvalue weighted by molar-refractivity contribution is 6.14. The molecule has 1 amide bonds. The summed E-state index contributed by atoms with van der Waals surface area (Å²) in [6.45, 7) is 0.407. The molecule has 0 unspecified atom stereocenters. The van der Waals surface area contributed by atoms with Crippen LogP contribution >= 0.6 is 0 Å². The Morgan fingerprint density at radius 2 is 1.88 bits per heavy atom. The molecule has 0 radical (unpaired) electrons. The van der Waals surface area contributed by atoms with Crippen LogP contribution in [0.4, 0.5) is 0 Å². The zero-order valence-corrected chi connectivity index (χ0v) is 14.3. The predicted molar refractivity (Wildman–Crippen MR) is 99.4 cm³/mol. The number of amidine groups is 1. The molecule has 0 atom stereocenters. The maximum Gasteiger partial charge on any atom is 0.264 e. The Kier molecular flexibility index (Phi) is 4.99. The van der Waals surface area contributed by atoms with E-state index in [1.54, 1.807) is 13.2 Å². The van der Waals surface area contributed by atoms with Gasteiger partial charge in [0.05, 0.1) is 12.8 Å². The number of nitriles is 1. The first-order valence-corrected chi connectivity index (χ1v) is 8.13. The second kappa shape index (κ2) is 7.53. The number of hydrogen-bond donors (Lipinski definition) is 2. The lowest BCUT2D eigenvalue weighted by Gasteiger charge is -2.07. The molecular weight excluding hydrogens is 328 g/mol. The Morgan fingerprint density at radius 3 is 2.54 bits per heavy atom. The van der Waals surface area contributed by atoms with Gasteiger partial charge in [-0.2, -0.15) is 5.26 Å². The van der Waals surface area contributed by atoms with Crippen molar-refractivity contribution in [2.75, 3.05) is 13.7 Å². The number of nitrogens with one attached hydrogen (secondary N) is 1. The largest absolute Gasteiger partial charge is 0.497 e. The summed E-state index contributed by atoms with van der Waals surface area (Å²) >= 11 is 0. The first kappa shape index (κ1) is 17.2. The molecule has 1 aliphatic rings. The SMILES string of the molecule is COc1ccc(CCNC(=O)/C(C#N)=C2\N=C(N)c3ccccc32)cc1. The molecule has 2 aromatic carbocycles. The predicted octanol–water partition coefficient (Wildman–Crippen LogP) is 2.01. The lowest BCUT2D eigenvalue weighted by molar-refractivity contribution is -0.117. The summed E-state index contributed by atoms with van der Waals surface area (Å²) in [6.07, 6.45) is 0.645. The van der Waals surface area contributed by atoms with E-state index < -0.39 is 5.91 Å². The molecule has 0 fully saturated rings. The number of amides is 1. The minimum Gasteiger partial charge on any atom is -0.497 e. The van der Waals surface area contributed by atoms with Crippen molar-refractivity contribution in [3.8, 4) is 11.8 Å². The number of nitrogens with zero attached hydrogens (tertiary/aromatic N) is 2. The minimum atomic E-state index is -0.454. The summed E-state index contributed by atoms with van der Waals surface area (Å²) in [6, 6.07) is 16.8. The number of hydrogen-bond acceptors (Lipinski definition) is 5. The van der Waals surface area contributed by atoms with Crippen molar-refractivity contribution in [2.24, 2.45) is 10.7 Å². The van der Waals surface area contributed by atoms with E-state index in [1.807, 2.05) is 48.5 Å². The molecule has 2 aromatic rings. The van der Waals surface area contributed by atoms with Gasteiger partial charge >= 0.3 is 0 Å². The van der Waals surface area contributed by atoms with Crippen LogP contribution in [0.3, 0.4) is 0 Å². The minimum absolute atomic E-state index is 0.0346. The van der Waals surface area contributed by atoms with E-state index in [4.69, 9.17) is 10.5 Å². The molecule has 3 rings (SSSR count). The van der Waals surface area contributed by atoms with Crippen LogP contribution in [0.5, 0.6) is 5.75 Å². The molecule has 0 saturated heterocycles. The van der Waals surface area contributed by atoms with Gasteiger partial charge in [0.2, 0.25) is 0 Å². The van der Waals surface area contributed by atoms with E-state index in [9.17, 15) is 10.1 Å². The fraction of sp³-hybridized carbons (Fsp3) is 0.150. The molecule has 6 nitrogen and oxygen atoms in total. The van der Waals surface area contributed by atoms with E-state index in [0.29, 0.717) is 30.1 Å². The summed E-state index contributed by atoms with van der Waals surface area (Å²) in [5.74, 6) is 0.642. The topological polar surface area (TPSA) is 100 Å². The van der Waals surface area contributed by atoms with E-state index in [0.717, 1.165) is 16.9 Å². The molecule has 0 saturated carbocycles. The highest BCUT2D eigenvalue weighted by Gasteiger charge is 2.24. The number of methoxy groups -OCH3 is 1. The molecule has 0 aliphatic carbocycles. The monoisotopic (exact) mass is 346 g/mol. The lowest BCUT2D eigenvalue weighted by atomic mass is 10.0. The summed E-state index contributed by atoms with van der Waals surface area (Å²) < 4.78 is 5.12. The van der Waals surface area contributed by atoms with E-state index in [-0.39, 0.29) is 5.57 Å². The summed E-state index contributed by atoms with van der Waals surface area (Å²) in [5.41, 5.74) is 8.68. The molecule has 26 heavy (non-hydrogen) atoms. The number of carbonyl (C=O) groups is 1. The van der Waals surface area contributed by atoms with Crippen molar-refractivity contribution in [3.63, 3.8) is 0 Å². The van der Waals surface area contributed by atoms with Crippen LogP contribution in [-0.4, -0.2) is 25.4 Å². The Bertz CT molecular complexity index is 937. The Labute approximate surface area is 151 Å². The molecule has 1 aliphatic heterocycles. The van der Waals surface area contributed by atoms with Gasteiger partial charge in [-0.05, 0) is 24.1 Å². The van der Waals surface area contributed by atoms with Crippen LogP contribution in [0.15, 0.2) is 59.1 Å². The van der Waals surface area contributed by atoms with Gasteiger partial charge in [0.15, 0.2) is 0 Å². The molecule has 0 spiro atoms. The first-order chi connectivity index (χ1) is 12.6. The van der Waals surface area contributed by atoms with Crippen LogP contribution in [-0.2, 0) is 11.2 Å². The smallest absolute Gasteiger partial charge is 0.264 e. The number of rotatable bonds is 5. The number of nitrogens with two attached hydrogens (primary N) is 1. The van der Waals surface area contributed by atoms with Crippen LogP contribution in [0.25, 0.3) is 5.70 Å². The summed E-state index contributed by atoms with van der Waals surface area (Å²) in [4.78, 5) is 16.7. The van der Waals surface area contributed by atoms with Gasteiger partial charge in [-0.15, -0.1) is 0 Å². The van der Waals surface area contributed by atoms with E-state index in [2.05, 4.69) is 10.3 Å².